The van der Waals surface area contributed by atoms with Crippen LogP contribution in [-0.4, -0.2) is 9.55 Å². The molecular formula is C49H40N2O. The molecule has 7 aromatic carbocycles. The first-order valence-corrected chi connectivity index (χ1v) is 18.3. The number of furan rings is 1. The second-order valence-corrected chi connectivity index (χ2v) is 14.3. The van der Waals surface area contributed by atoms with Crippen LogP contribution in [0.4, 0.5) is 0 Å². The van der Waals surface area contributed by atoms with Gasteiger partial charge < -0.3 is 4.42 Å². The summed E-state index contributed by atoms with van der Waals surface area (Å²) in [5.74, 6) is 1.40. The first-order chi connectivity index (χ1) is 25.5. The minimum Gasteiger partial charge on any atom is -0.455 e. The maximum Gasteiger partial charge on any atom is 0.149 e. The molecule has 0 aliphatic carbocycles. The van der Waals surface area contributed by atoms with E-state index in [2.05, 4.69) is 184 Å². The van der Waals surface area contributed by atoms with Crippen molar-refractivity contribution >= 4 is 33.0 Å². The molecule has 0 amide bonds. The zero-order chi connectivity index (χ0) is 35.3. The predicted octanol–water partition coefficient (Wildman–Crippen LogP) is 13.8. The predicted molar refractivity (Wildman–Crippen MR) is 218 cm³/mol. The summed E-state index contributed by atoms with van der Waals surface area (Å²) in [7, 11) is 0. The monoisotopic (exact) mass is 672 g/mol. The summed E-state index contributed by atoms with van der Waals surface area (Å²) in [5.41, 5.74) is 15.7. The minimum atomic E-state index is 0.261. The van der Waals surface area contributed by atoms with Crippen LogP contribution in [0.25, 0.3) is 83.4 Å². The van der Waals surface area contributed by atoms with Gasteiger partial charge in [0.05, 0.1) is 22.3 Å². The van der Waals surface area contributed by atoms with Crippen molar-refractivity contribution in [1.82, 2.24) is 9.55 Å². The molecule has 0 unspecified atom stereocenters. The summed E-state index contributed by atoms with van der Waals surface area (Å²) in [5, 5.41) is 2.22. The van der Waals surface area contributed by atoms with E-state index >= 15 is 0 Å². The summed E-state index contributed by atoms with van der Waals surface area (Å²) >= 11 is 0. The first kappa shape index (κ1) is 31.8. The molecule has 2 heterocycles. The fraction of sp³-hybridized carbons (Fsp3) is 0.122. The molecule has 0 aliphatic rings. The Kier molecular flexibility index (Phi) is 7.85. The Morgan fingerprint density at radius 3 is 1.71 bits per heavy atom. The van der Waals surface area contributed by atoms with Gasteiger partial charge in [-0.1, -0.05) is 149 Å². The van der Waals surface area contributed by atoms with E-state index in [9.17, 15) is 0 Å². The molecule has 2 aromatic heterocycles. The zero-order valence-electron chi connectivity index (χ0n) is 30.0. The quantitative estimate of drug-likeness (QED) is 0.169. The summed E-state index contributed by atoms with van der Waals surface area (Å²) in [6, 6.07) is 56.3. The van der Waals surface area contributed by atoms with Crippen LogP contribution in [0.1, 0.15) is 50.7 Å². The van der Waals surface area contributed by atoms with E-state index in [-0.39, 0.29) is 11.8 Å². The van der Waals surface area contributed by atoms with Crippen LogP contribution in [-0.2, 0) is 0 Å². The lowest BCUT2D eigenvalue weighted by atomic mass is 9.87. The maximum atomic E-state index is 6.81. The second-order valence-electron chi connectivity index (χ2n) is 14.3. The highest BCUT2D eigenvalue weighted by molar-refractivity contribution is 6.16. The Balaban J connectivity index is 1.30. The Hall–Kier alpha value is -6.19. The number of hydrogen-bond donors (Lipinski definition) is 0. The molecule has 0 aliphatic heterocycles. The highest BCUT2D eigenvalue weighted by atomic mass is 16.3. The molecule has 0 N–H and O–H groups in total. The van der Waals surface area contributed by atoms with Crippen LogP contribution >= 0.6 is 0 Å². The van der Waals surface area contributed by atoms with Crippen LogP contribution in [0.2, 0.25) is 0 Å². The molecule has 0 radical (unpaired) electrons. The van der Waals surface area contributed by atoms with Gasteiger partial charge in [0.1, 0.15) is 17.0 Å². The lowest BCUT2D eigenvalue weighted by Gasteiger charge is -2.24. The van der Waals surface area contributed by atoms with Gasteiger partial charge in [-0.25, -0.2) is 4.98 Å². The van der Waals surface area contributed by atoms with Gasteiger partial charge in [-0.2, -0.15) is 0 Å². The number of nitrogens with zero attached hydrogens (tertiary/aromatic N) is 2. The smallest absolute Gasteiger partial charge is 0.149 e. The second kappa shape index (κ2) is 12.9. The Bertz CT molecular complexity index is 2680. The number of rotatable bonds is 7. The third-order valence-corrected chi connectivity index (χ3v) is 10.4. The lowest BCUT2D eigenvalue weighted by molar-refractivity contribution is 0.669. The Morgan fingerprint density at radius 2 is 1.04 bits per heavy atom. The van der Waals surface area contributed by atoms with Gasteiger partial charge in [-0.05, 0) is 92.7 Å². The molecule has 0 saturated carbocycles. The van der Waals surface area contributed by atoms with Crippen molar-refractivity contribution in [2.45, 2.75) is 39.5 Å². The number of hydrogen-bond acceptors (Lipinski definition) is 2. The average molecular weight is 673 g/mol. The van der Waals surface area contributed by atoms with Crippen molar-refractivity contribution in [3.63, 3.8) is 0 Å². The molecule has 0 bridgehead atoms. The van der Waals surface area contributed by atoms with E-state index in [1.165, 1.54) is 39.1 Å². The maximum absolute atomic E-state index is 6.81. The van der Waals surface area contributed by atoms with Crippen LogP contribution in [0.5, 0.6) is 0 Å². The molecule has 0 atom stereocenters. The lowest BCUT2D eigenvalue weighted by Crippen LogP contribution is -2.09. The molecule has 252 valence electrons. The van der Waals surface area contributed by atoms with E-state index in [1.807, 2.05) is 6.07 Å². The van der Waals surface area contributed by atoms with Crippen molar-refractivity contribution in [3.8, 4) is 50.5 Å². The minimum absolute atomic E-state index is 0.261. The molecule has 3 heteroatoms. The average Bonchev–Trinajstić information content (AvgIpc) is 3.77. The highest BCUT2D eigenvalue weighted by Crippen LogP contribution is 2.45. The van der Waals surface area contributed by atoms with Crippen molar-refractivity contribution in [1.29, 1.82) is 0 Å². The van der Waals surface area contributed by atoms with Gasteiger partial charge >= 0.3 is 0 Å². The van der Waals surface area contributed by atoms with E-state index in [4.69, 9.17) is 9.40 Å². The number of fused-ring (bicyclic) bond motifs is 4. The molecule has 3 nitrogen and oxygen atoms in total. The standard InChI is InChI=1S/C49H40N2O/c1-31(2)41-29-37(35-25-23-34(24-26-35)33-15-7-5-8-16-33)30-42(32(3)4)47(41)51-44-21-13-12-20-43(44)50-49(51)40-28-27-38(36-17-9-6-10-18-36)46-39-19-11-14-22-45(39)52-48(40)46/h5-32H,1-4H3. The third-order valence-electron chi connectivity index (χ3n) is 10.4. The van der Waals surface area contributed by atoms with Crippen molar-refractivity contribution in [3.05, 3.63) is 169 Å². The van der Waals surface area contributed by atoms with Gasteiger partial charge in [0.15, 0.2) is 0 Å². The summed E-state index contributed by atoms with van der Waals surface area (Å²) in [6.07, 6.45) is 0. The van der Waals surface area contributed by atoms with E-state index in [0.717, 1.165) is 55.5 Å². The van der Waals surface area contributed by atoms with Crippen LogP contribution in [0.3, 0.4) is 0 Å². The number of imidazole rings is 1. The molecule has 0 spiro atoms. The highest BCUT2D eigenvalue weighted by Gasteiger charge is 2.26. The third kappa shape index (κ3) is 5.32. The molecular weight excluding hydrogens is 633 g/mol. The van der Waals surface area contributed by atoms with E-state index in [0.29, 0.717) is 0 Å². The van der Waals surface area contributed by atoms with Gasteiger partial charge in [0.25, 0.3) is 0 Å². The van der Waals surface area contributed by atoms with Crippen LogP contribution in [0.15, 0.2) is 162 Å². The van der Waals surface area contributed by atoms with Crippen LogP contribution < -0.4 is 0 Å². The van der Waals surface area contributed by atoms with Crippen molar-refractivity contribution in [2.75, 3.05) is 0 Å². The largest absolute Gasteiger partial charge is 0.455 e. The van der Waals surface area contributed by atoms with Gasteiger partial charge in [-0.3, -0.25) is 4.57 Å². The number of para-hydroxylation sites is 3. The normalized spacial score (nSPS) is 11.8. The molecule has 9 rings (SSSR count). The van der Waals surface area contributed by atoms with E-state index in [1.54, 1.807) is 0 Å². The molecule has 52 heavy (non-hydrogen) atoms. The van der Waals surface area contributed by atoms with Gasteiger partial charge in [-0.15, -0.1) is 0 Å². The fourth-order valence-corrected chi connectivity index (χ4v) is 7.77. The Morgan fingerprint density at radius 1 is 0.500 bits per heavy atom. The molecule has 0 saturated heterocycles. The SMILES string of the molecule is CC(C)c1cc(-c2ccc(-c3ccccc3)cc2)cc(C(C)C)c1-n1c(-c2ccc(-c3ccccc3)c3c2oc2ccccc23)nc2ccccc21. The molecule has 9 aromatic rings. The van der Waals surface area contributed by atoms with Gasteiger partial charge in [0.2, 0.25) is 0 Å². The fourth-order valence-electron chi connectivity index (χ4n) is 7.77. The molecule has 0 fully saturated rings. The number of aromatic nitrogens is 2. The summed E-state index contributed by atoms with van der Waals surface area (Å²) in [6.45, 7) is 9.21. The number of benzene rings is 7. The first-order valence-electron chi connectivity index (χ1n) is 18.3. The van der Waals surface area contributed by atoms with Crippen molar-refractivity contribution in [2.24, 2.45) is 0 Å². The summed E-state index contributed by atoms with van der Waals surface area (Å²) < 4.78 is 9.22. The van der Waals surface area contributed by atoms with Crippen molar-refractivity contribution < 1.29 is 4.42 Å². The van der Waals surface area contributed by atoms with E-state index < -0.39 is 0 Å². The van der Waals surface area contributed by atoms with Gasteiger partial charge in [0, 0.05) is 10.8 Å². The summed E-state index contributed by atoms with van der Waals surface area (Å²) in [4.78, 5) is 5.40. The topological polar surface area (TPSA) is 31.0 Å². The zero-order valence-corrected chi connectivity index (χ0v) is 30.0. The Labute approximate surface area is 304 Å². The van der Waals surface area contributed by atoms with Crippen LogP contribution in [0, 0.1) is 0 Å².